The van der Waals surface area contributed by atoms with Crippen LogP contribution in [0.4, 0.5) is 22.0 Å². The van der Waals surface area contributed by atoms with Gasteiger partial charge in [0.05, 0.1) is 0 Å². The Kier molecular flexibility index (Phi) is 7.15. The zero-order chi connectivity index (χ0) is 28.4. The van der Waals surface area contributed by atoms with Crippen molar-refractivity contribution in [2.24, 2.45) is 17.3 Å². The normalized spacial score (nSPS) is 33.1. The minimum atomic E-state index is -5.84. The summed E-state index contributed by atoms with van der Waals surface area (Å²) < 4.78 is 71.4. The molecule has 0 radical (unpaired) electrons. The summed E-state index contributed by atoms with van der Waals surface area (Å²) in [7, 11) is 0. The number of benzene rings is 1. The number of aliphatic hydroxyl groups is 1. The van der Waals surface area contributed by atoms with Crippen LogP contribution in [-0.4, -0.2) is 46.6 Å². The van der Waals surface area contributed by atoms with Gasteiger partial charge in [0.1, 0.15) is 5.60 Å². The van der Waals surface area contributed by atoms with Crippen LogP contribution in [0.25, 0.3) is 0 Å². The first-order valence-corrected chi connectivity index (χ1v) is 14.2. The predicted molar refractivity (Wildman–Crippen MR) is 139 cm³/mol. The molecule has 3 nitrogen and oxygen atoms in total. The second-order valence-corrected chi connectivity index (χ2v) is 12.2. The van der Waals surface area contributed by atoms with E-state index in [0.29, 0.717) is 25.7 Å². The van der Waals surface area contributed by atoms with E-state index >= 15 is 8.78 Å². The molecule has 0 aliphatic heterocycles. The van der Waals surface area contributed by atoms with E-state index in [-0.39, 0.29) is 24.5 Å². The summed E-state index contributed by atoms with van der Waals surface area (Å²) in [5, 5.41) is 11.4. The Labute approximate surface area is 227 Å². The molecule has 4 aliphatic carbocycles. The Morgan fingerprint density at radius 2 is 1.67 bits per heavy atom. The molecule has 5 rings (SSSR count). The summed E-state index contributed by atoms with van der Waals surface area (Å²) in [6, 6.07) is 7.97. The van der Waals surface area contributed by atoms with Crippen LogP contribution in [0.3, 0.4) is 0 Å². The monoisotopic (exact) mass is 551 g/mol. The molecule has 1 aromatic rings. The number of allylic oxidation sites excluding steroid dienone is 4. The van der Waals surface area contributed by atoms with Gasteiger partial charge in [-0.15, -0.1) is 0 Å². The van der Waals surface area contributed by atoms with Gasteiger partial charge in [0.25, 0.3) is 0 Å². The zero-order valence-corrected chi connectivity index (χ0v) is 22.9. The summed E-state index contributed by atoms with van der Waals surface area (Å²) in [5.41, 5.74) is 0.327. The van der Waals surface area contributed by atoms with Crippen LogP contribution in [0.15, 0.2) is 47.1 Å². The van der Waals surface area contributed by atoms with Crippen molar-refractivity contribution < 1.29 is 31.9 Å². The molecule has 0 saturated heterocycles. The fourth-order valence-electron chi connectivity index (χ4n) is 8.28. The smallest absolute Gasteiger partial charge is 0.383 e. The van der Waals surface area contributed by atoms with Gasteiger partial charge in [-0.05, 0) is 91.8 Å². The van der Waals surface area contributed by atoms with Crippen LogP contribution in [0, 0.1) is 17.3 Å². The van der Waals surface area contributed by atoms with Crippen molar-refractivity contribution in [2.75, 3.05) is 13.1 Å². The molecule has 1 N–H and O–H groups in total. The van der Waals surface area contributed by atoms with Gasteiger partial charge in [-0.3, -0.25) is 9.69 Å². The molecule has 0 bridgehead atoms. The Balaban J connectivity index is 1.62. The Bertz CT molecular complexity index is 1180. The molecular formula is C31H38F5NO2. The van der Waals surface area contributed by atoms with Crippen LogP contribution in [-0.2, 0) is 11.3 Å². The predicted octanol–water partition coefficient (Wildman–Crippen LogP) is 7.36. The SMILES string of the molecule is CCN(CC)Cc1ccc([C@H]2CC3(C)C(CC[C@@]3(O)C(F)(F)C(F)(F)F)C3CCC4=CC(=O)CCC4=C32)cc1. The largest absolute Gasteiger partial charge is 0.456 e. The fraction of sp³-hybridized carbons (Fsp3) is 0.645. The molecule has 5 atom stereocenters. The maximum Gasteiger partial charge on any atom is 0.456 e. The molecular weight excluding hydrogens is 513 g/mol. The summed E-state index contributed by atoms with van der Waals surface area (Å²) in [6.07, 6.45) is -2.47. The minimum Gasteiger partial charge on any atom is -0.383 e. The molecule has 0 spiro atoms. The third kappa shape index (κ3) is 4.32. The molecule has 1 aromatic carbocycles. The average molecular weight is 552 g/mol. The Morgan fingerprint density at radius 1 is 1.00 bits per heavy atom. The topological polar surface area (TPSA) is 40.5 Å². The summed E-state index contributed by atoms with van der Waals surface area (Å²) in [4.78, 5) is 14.5. The van der Waals surface area contributed by atoms with E-state index < -0.39 is 41.4 Å². The van der Waals surface area contributed by atoms with E-state index in [1.54, 1.807) is 6.08 Å². The van der Waals surface area contributed by atoms with Crippen LogP contribution in [0.2, 0.25) is 0 Å². The van der Waals surface area contributed by atoms with Crippen LogP contribution in [0.5, 0.6) is 0 Å². The quantitative estimate of drug-likeness (QED) is 0.376. The van der Waals surface area contributed by atoms with Crippen molar-refractivity contribution in [3.63, 3.8) is 0 Å². The molecule has 0 aromatic heterocycles. The van der Waals surface area contributed by atoms with Crippen molar-refractivity contribution in [3.05, 3.63) is 58.2 Å². The molecule has 39 heavy (non-hydrogen) atoms. The number of carbonyl (C=O) groups excluding carboxylic acids is 1. The second-order valence-electron chi connectivity index (χ2n) is 12.2. The first kappa shape index (κ1) is 28.5. The number of carbonyl (C=O) groups is 1. The first-order chi connectivity index (χ1) is 18.3. The summed E-state index contributed by atoms with van der Waals surface area (Å²) >= 11 is 0. The molecule has 2 saturated carbocycles. The van der Waals surface area contributed by atoms with Crippen molar-refractivity contribution in [3.8, 4) is 0 Å². The summed E-state index contributed by atoms with van der Waals surface area (Å²) in [5.74, 6) is -6.24. The number of ketones is 1. The van der Waals surface area contributed by atoms with E-state index in [9.17, 15) is 23.1 Å². The standard InChI is InChI=1S/C31H38F5NO2/c1-4-37(5-2)18-19-6-8-20(9-7-19)25-17-28(3)26(14-15-29(28,39)30(32,33)31(34,35)36)24-12-10-21-16-22(38)11-13-23(21)27(24)25/h6-9,16,24-26,39H,4-5,10-15,17-18H2,1-3H3/t24?,25-,26?,28?,29+/m1/s1. The van der Waals surface area contributed by atoms with Gasteiger partial charge in [0, 0.05) is 24.3 Å². The van der Waals surface area contributed by atoms with Crippen molar-refractivity contribution in [1.29, 1.82) is 0 Å². The third-order valence-corrected chi connectivity index (χ3v) is 10.4. The van der Waals surface area contributed by atoms with Gasteiger partial charge in [-0.2, -0.15) is 22.0 Å². The van der Waals surface area contributed by atoms with Crippen molar-refractivity contribution >= 4 is 5.78 Å². The van der Waals surface area contributed by atoms with E-state index in [2.05, 4.69) is 18.7 Å². The molecule has 2 fully saturated rings. The van der Waals surface area contributed by atoms with E-state index in [1.807, 2.05) is 24.3 Å². The van der Waals surface area contributed by atoms with E-state index in [1.165, 1.54) is 6.92 Å². The summed E-state index contributed by atoms with van der Waals surface area (Å²) in [6.45, 7) is 8.21. The number of hydrogen-bond acceptors (Lipinski definition) is 3. The number of halogens is 5. The van der Waals surface area contributed by atoms with Crippen molar-refractivity contribution in [2.45, 2.75) is 95.9 Å². The van der Waals surface area contributed by atoms with Gasteiger partial charge in [0.15, 0.2) is 5.78 Å². The molecule has 0 amide bonds. The number of rotatable bonds is 6. The minimum absolute atomic E-state index is 0.00574. The van der Waals surface area contributed by atoms with Crippen LogP contribution >= 0.6 is 0 Å². The first-order valence-electron chi connectivity index (χ1n) is 14.2. The Hall–Kier alpha value is -2.06. The highest BCUT2D eigenvalue weighted by atomic mass is 19.4. The second kappa shape index (κ2) is 9.79. The van der Waals surface area contributed by atoms with Gasteiger partial charge >= 0.3 is 12.1 Å². The number of fused-ring (bicyclic) bond motifs is 4. The fourth-order valence-corrected chi connectivity index (χ4v) is 8.28. The van der Waals surface area contributed by atoms with E-state index in [4.69, 9.17) is 0 Å². The molecule has 4 aliphatic rings. The highest BCUT2D eigenvalue weighted by Crippen LogP contribution is 2.70. The third-order valence-electron chi connectivity index (χ3n) is 10.4. The Morgan fingerprint density at radius 3 is 2.28 bits per heavy atom. The average Bonchev–Trinajstić information content (AvgIpc) is 3.17. The lowest BCUT2D eigenvalue weighted by molar-refractivity contribution is -0.362. The van der Waals surface area contributed by atoms with E-state index in [0.717, 1.165) is 47.5 Å². The van der Waals surface area contributed by atoms with Crippen LogP contribution < -0.4 is 0 Å². The lowest BCUT2D eigenvalue weighted by Crippen LogP contribution is -2.65. The molecule has 3 unspecified atom stereocenters. The number of nitrogens with zero attached hydrogens (tertiary/aromatic N) is 1. The number of hydrogen-bond donors (Lipinski definition) is 1. The maximum atomic E-state index is 15.1. The molecule has 8 heteroatoms. The molecule has 214 valence electrons. The maximum absolute atomic E-state index is 15.1. The van der Waals surface area contributed by atoms with Crippen LogP contribution in [0.1, 0.15) is 82.8 Å². The van der Waals surface area contributed by atoms with Gasteiger partial charge in [-0.25, -0.2) is 0 Å². The van der Waals surface area contributed by atoms with Gasteiger partial charge in [0.2, 0.25) is 0 Å². The number of alkyl halides is 5. The highest BCUT2D eigenvalue weighted by molar-refractivity contribution is 5.93. The lowest BCUT2D eigenvalue weighted by atomic mass is 9.50. The van der Waals surface area contributed by atoms with Gasteiger partial charge in [-0.1, -0.05) is 50.6 Å². The lowest BCUT2D eigenvalue weighted by Gasteiger charge is -2.56. The molecule has 0 heterocycles. The zero-order valence-electron chi connectivity index (χ0n) is 22.9. The highest BCUT2D eigenvalue weighted by Gasteiger charge is 2.79. The van der Waals surface area contributed by atoms with Crippen molar-refractivity contribution in [1.82, 2.24) is 4.90 Å². The van der Waals surface area contributed by atoms with Gasteiger partial charge < -0.3 is 5.11 Å².